The molecule has 0 aromatic carbocycles. The zero-order valence-corrected chi connectivity index (χ0v) is 11.6. The van der Waals surface area contributed by atoms with Crippen LogP contribution in [0.1, 0.15) is 59.8 Å². The van der Waals surface area contributed by atoms with Crippen molar-refractivity contribution >= 4 is 6.29 Å². The van der Waals surface area contributed by atoms with Crippen LogP contribution in [0, 0.1) is 5.41 Å². The third-order valence-corrected chi connectivity index (χ3v) is 3.33. The summed E-state index contributed by atoms with van der Waals surface area (Å²) in [6, 6.07) is 0. The summed E-state index contributed by atoms with van der Waals surface area (Å²) in [6.07, 6.45) is 7.01. The molecule has 1 unspecified atom stereocenters. The maximum absolute atomic E-state index is 11.1. The van der Waals surface area contributed by atoms with Crippen LogP contribution in [0.15, 0.2) is 0 Å². The third-order valence-electron chi connectivity index (χ3n) is 3.33. The van der Waals surface area contributed by atoms with Crippen LogP contribution in [0.2, 0.25) is 0 Å². The van der Waals surface area contributed by atoms with Gasteiger partial charge in [0.15, 0.2) is 0 Å². The lowest BCUT2D eigenvalue weighted by atomic mass is 9.88. The Morgan fingerprint density at radius 1 is 1.06 bits per heavy atom. The summed E-state index contributed by atoms with van der Waals surface area (Å²) in [7, 11) is 0. The Morgan fingerprint density at radius 3 is 1.88 bits per heavy atom. The van der Waals surface area contributed by atoms with Crippen LogP contribution in [0.3, 0.4) is 0 Å². The third kappa shape index (κ3) is 6.26. The van der Waals surface area contributed by atoms with Gasteiger partial charge in [0.05, 0.1) is 0 Å². The van der Waals surface area contributed by atoms with Crippen LogP contribution in [-0.4, -0.2) is 30.8 Å². The summed E-state index contributed by atoms with van der Waals surface area (Å²) < 4.78 is 0. The van der Waals surface area contributed by atoms with E-state index in [1.165, 1.54) is 25.7 Å². The lowest BCUT2D eigenvalue weighted by Crippen LogP contribution is -2.38. The summed E-state index contributed by atoms with van der Waals surface area (Å²) >= 11 is 0. The molecule has 0 aromatic rings. The second-order valence-corrected chi connectivity index (χ2v) is 5.11. The van der Waals surface area contributed by atoms with E-state index in [0.717, 1.165) is 32.3 Å². The molecule has 0 rings (SSSR count). The molecule has 0 heterocycles. The van der Waals surface area contributed by atoms with E-state index in [9.17, 15) is 4.79 Å². The topological polar surface area (TPSA) is 20.3 Å². The van der Waals surface area contributed by atoms with E-state index >= 15 is 0 Å². The van der Waals surface area contributed by atoms with Gasteiger partial charge in [-0.05, 0) is 32.4 Å². The molecular formula is C14H29NO. The van der Waals surface area contributed by atoms with Crippen LogP contribution in [0.25, 0.3) is 0 Å². The number of hydrogen-bond donors (Lipinski definition) is 0. The number of aldehydes is 1. The summed E-state index contributed by atoms with van der Waals surface area (Å²) in [4.78, 5) is 13.6. The highest BCUT2D eigenvalue weighted by atomic mass is 16.1. The van der Waals surface area contributed by atoms with Crippen molar-refractivity contribution in [1.29, 1.82) is 0 Å². The van der Waals surface area contributed by atoms with Gasteiger partial charge in [-0.2, -0.15) is 0 Å². The molecule has 0 saturated carbocycles. The molecule has 0 amide bonds. The Labute approximate surface area is 101 Å². The van der Waals surface area contributed by atoms with E-state index in [0.29, 0.717) is 0 Å². The standard InChI is InChI=1S/C14H29NO/c1-5-8-10-15(11-9-6-2)12-14(4,7-3)13-16/h13H,5-12H2,1-4H3. The van der Waals surface area contributed by atoms with Gasteiger partial charge in [0.25, 0.3) is 0 Å². The number of hydrogen-bond acceptors (Lipinski definition) is 2. The van der Waals surface area contributed by atoms with Gasteiger partial charge in [-0.1, -0.05) is 40.5 Å². The van der Waals surface area contributed by atoms with E-state index < -0.39 is 0 Å². The van der Waals surface area contributed by atoms with Gasteiger partial charge in [0.2, 0.25) is 0 Å². The summed E-state index contributed by atoms with van der Waals surface area (Å²) in [6.45, 7) is 11.8. The van der Waals surface area contributed by atoms with Crippen molar-refractivity contribution in [1.82, 2.24) is 4.90 Å². The monoisotopic (exact) mass is 227 g/mol. The maximum Gasteiger partial charge on any atom is 0.127 e. The first-order valence-corrected chi connectivity index (χ1v) is 6.80. The van der Waals surface area contributed by atoms with E-state index in [-0.39, 0.29) is 5.41 Å². The van der Waals surface area contributed by atoms with Crippen LogP contribution in [0.4, 0.5) is 0 Å². The first-order valence-electron chi connectivity index (χ1n) is 6.80. The average molecular weight is 227 g/mol. The fraction of sp³-hybridized carbons (Fsp3) is 0.929. The highest BCUT2D eigenvalue weighted by Gasteiger charge is 2.24. The Morgan fingerprint density at radius 2 is 1.56 bits per heavy atom. The Balaban J connectivity index is 4.21. The predicted molar refractivity (Wildman–Crippen MR) is 70.7 cm³/mol. The lowest BCUT2D eigenvalue weighted by molar-refractivity contribution is -0.116. The van der Waals surface area contributed by atoms with Gasteiger partial charge >= 0.3 is 0 Å². The van der Waals surface area contributed by atoms with Crippen molar-refractivity contribution in [2.75, 3.05) is 19.6 Å². The van der Waals surface area contributed by atoms with Crippen LogP contribution in [-0.2, 0) is 4.79 Å². The molecule has 0 spiro atoms. The molecule has 0 fully saturated rings. The van der Waals surface area contributed by atoms with Gasteiger partial charge < -0.3 is 9.69 Å². The minimum absolute atomic E-state index is 0.151. The van der Waals surface area contributed by atoms with Crippen molar-refractivity contribution in [3.05, 3.63) is 0 Å². The fourth-order valence-corrected chi connectivity index (χ4v) is 1.78. The van der Waals surface area contributed by atoms with Crippen molar-refractivity contribution in [3.8, 4) is 0 Å². The van der Waals surface area contributed by atoms with E-state index in [4.69, 9.17) is 0 Å². The molecular weight excluding hydrogens is 198 g/mol. The number of rotatable bonds is 10. The van der Waals surface area contributed by atoms with E-state index in [1.807, 2.05) is 0 Å². The van der Waals surface area contributed by atoms with Crippen LogP contribution >= 0.6 is 0 Å². The summed E-state index contributed by atoms with van der Waals surface area (Å²) in [5, 5.41) is 0. The van der Waals surface area contributed by atoms with Crippen molar-refractivity contribution in [2.45, 2.75) is 59.8 Å². The van der Waals surface area contributed by atoms with Crippen molar-refractivity contribution in [2.24, 2.45) is 5.41 Å². The molecule has 16 heavy (non-hydrogen) atoms. The van der Waals surface area contributed by atoms with Crippen molar-refractivity contribution < 1.29 is 4.79 Å². The molecule has 0 radical (unpaired) electrons. The summed E-state index contributed by atoms with van der Waals surface area (Å²) in [5.74, 6) is 0. The van der Waals surface area contributed by atoms with Crippen LogP contribution < -0.4 is 0 Å². The van der Waals surface area contributed by atoms with Crippen molar-refractivity contribution in [3.63, 3.8) is 0 Å². The molecule has 96 valence electrons. The number of nitrogens with zero attached hydrogens (tertiary/aromatic N) is 1. The molecule has 1 atom stereocenters. The van der Waals surface area contributed by atoms with Gasteiger partial charge in [-0.15, -0.1) is 0 Å². The minimum Gasteiger partial charge on any atom is -0.303 e. The second kappa shape index (κ2) is 8.74. The lowest BCUT2D eigenvalue weighted by Gasteiger charge is -2.30. The molecule has 0 bridgehead atoms. The molecule has 0 aliphatic rings. The maximum atomic E-state index is 11.1. The molecule has 0 N–H and O–H groups in total. The predicted octanol–water partition coefficient (Wildman–Crippen LogP) is 3.50. The van der Waals surface area contributed by atoms with Gasteiger partial charge in [0, 0.05) is 12.0 Å². The average Bonchev–Trinajstić information content (AvgIpc) is 2.32. The molecule has 2 nitrogen and oxygen atoms in total. The highest BCUT2D eigenvalue weighted by Crippen LogP contribution is 2.20. The normalized spacial score (nSPS) is 15.1. The highest BCUT2D eigenvalue weighted by molar-refractivity contribution is 5.58. The zero-order chi connectivity index (χ0) is 12.4. The van der Waals surface area contributed by atoms with Gasteiger partial charge in [-0.3, -0.25) is 0 Å². The Bertz CT molecular complexity index is 174. The summed E-state index contributed by atoms with van der Waals surface area (Å²) in [5.41, 5.74) is -0.151. The van der Waals surface area contributed by atoms with Gasteiger partial charge in [-0.25, -0.2) is 0 Å². The number of unbranched alkanes of at least 4 members (excludes halogenated alkanes) is 2. The first-order chi connectivity index (χ1) is 7.61. The second-order valence-electron chi connectivity index (χ2n) is 5.11. The molecule has 0 aliphatic carbocycles. The molecule has 0 saturated heterocycles. The Hall–Kier alpha value is -0.370. The zero-order valence-electron chi connectivity index (χ0n) is 11.6. The Kier molecular flexibility index (Phi) is 8.54. The van der Waals surface area contributed by atoms with Crippen LogP contribution in [0.5, 0.6) is 0 Å². The minimum atomic E-state index is -0.151. The fourth-order valence-electron chi connectivity index (χ4n) is 1.78. The van der Waals surface area contributed by atoms with E-state index in [2.05, 4.69) is 32.6 Å². The molecule has 0 aromatic heterocycles. The largest absolute Gasteiger partial charge is 0.303 e. The van der Waals surface area contributed by atoms with Gasteiger partial charge in [0.1, 0.15) is 6.29 Å². The molecule has 2 heteroatoms. The quantitative estimate of drug-likeness (QED) is 0.532. The molecule has 0 aliphatic heterocycles. The number of carbonyl (C=O) groups excluding carboxylic acids is 1. The number of carbonyl (C=O) groups is 1. The van der Waals surface area contributed by atoms with E-state index in [1.54, 1.807) is 0 Å². The first kappa shape index (κ1) is 15.6. The smallest absolute Gasteiger partial charge is 0.127 e. The SMILES string of the molecule is CCCCN(CCCC)CC(C)(C=O)CC.